The van der Waals surface area contributed by atoms with Crippen LogP contribution in [0, 0.1) is 0 Å². The van der Waals surface area contributed by atoms with E-state index in [1.54, 1.807) is 0 Å². The first kappa shape index (κ1) is 17.7. The molecule has 3 aliphatic carbocycles. The van der Waals surface area contributed by atoms with E-state index < -0.39 is 0 Å². The van der Waals surface area contributed by atoms with Gasteiger partial charge in [0.15, 0.2) is 0 Å². The van der Waals surface area contributed by atoms with Gasteiger partial charge in [-0.25, -0.2) is 0 Å². The zero-order chi connectivity index (χ0) is 19.0. The fourth-order valence-corrected chi connectivity index (χ4v) is 5.55. The van der Waals surface area contributed by atoms with Crippen LogP contribution in [0.25, 0.3) is 0 Å². The van der Waals surface area contributed by atoms with Crippen LogP contribution in [-0.2, 0) is 12.0 Å². The molecule has 2 N–H and O–H groups in total. The Hall–Kier alpha value is -2.42. The second-order valence-corrected chi connectivity index (χ2v) is 8.27. The number of fused-ring (bicyclic) bond motifs is 1. The number of hydrogen-bond donors (Lipinski definition) is 2. The largest absolute Gasteiger partial charge is 0.392 e. The topological polar surface area (TPSA) is 32.3 Å². The van der Waals surface area contributed by atoms with Gasteiger partial charge in [-0.3, -0.25) is 0 Å². The Bertz CT molecular complexity index is 917. The van der Waals surface area contributed by atoms with E-state index in [1.807, 2.05) is 0 Å². The molecule has 28 heavy (non-hydrogen) atoms. The highest BCUT2D eigenvalue weighted by Gasteiger charge is 2.51. The highest BCUT2D eigenvalue weighted by molar-refractivity contribution is 5.60. The summed E-state index contributed by atoms with van der Waals surface area (Å²) in [7, 11) is 0. The summed E-state index contributed by atoms with van der Waals surface area (Å²) in [6.07, 6.45) is 2.70. The standard InChI is InChI=1S/C26H27NO/c28-24-17-26(15-8-16-27-18-19-9-2-1-3-10-19)22-13-6-4-11-20(22)25(24)21-12-5-7-14-23(21)26/h1-7,9-14,24-25,27-28H,8,15-18H2. The summed E-state index contributed by atoms with van der Waals surface area (Å²) in [6, 6.07) is 28.1. The van der Waals surface area contributed by atoms with Crippen molar-refractivity contribution >= 4 is 0 Å². The van der Waals surface area contributed by atoms with Crippen LogP contribution in [0.1, 0.15) is 53.0 Å². The van der Waals surface area contributed by atoms with Gasteiger partial charge in [-0.15, -0.1) is 0 Å². The van der Waals surface area contributed by atoms with Crippen LogP contribution in [0.15, 0.2) is 78.9 Å². The van der Waals surface area contributed by atoms with Gasteiger partial charge in [0, 0.05) is 17.9 Å². The molecule has 1 atom stereocenters. The van der Waals surface area contributed by atoms with Gasteiger partial charge in [0.05, 0.1) is 6.10 Å². The van der Waals surface area contributed by atoms with Crippen molar-refractivity contribution in [2.75, 3.05) is 6.54 Å². The predicted molar refractivity (Wildman–Crippen MR) is 114 cm³/mol. The van der Waals surface area contributed by atoms with Gasteiger partial charge in [0.1, 0.15) is 0 Å². The second-order valence-electron chi connectivity index (χ2n) is 8.27. The molecule has 0 spiro atoms. The van der Waals surface area contributed by atoms with Crippen molar-refractivity contribution in [1.29, 1.82) is 0 Å². The molecule has 3 aliphatic rings. The predicted octanol–water partition coefficient (Wildman–Crippen LogP) is 4.75. The first-order valence-corrected chi connectivity index (χ1v) is 10.4. The van der Waals surface area contributed by atoms with Gasteiger partial charge in [-0.2, -0.15) is 0 Å². The maximum atomic E-state index is 11.0. The van der Waals surface area contributed by atoms with Crippen LogP contribution in [0.3, 0.4) is 0 Å². The fraction of sp³-hybridized carbons (Fsp3) is 0.308. The number of nitrogens with one attached hydrogen (secondary N) is 1. The third-order valence-electron chi connectivity index (χ3n) is 6.69. The molecule has 3 aromatic carbocycles. The van der Waals surface area contributed by atoms with Crippen molar-refractivity contribution in [3.8, 4) is 0 Å². The van der Waals surface area contributed by atoms with Gasteiger partial charge >= 0.3 is 0 Å². The van der Waals surface area contributed by atoms with Crippen LogP contribution in [0.4, 0.5) is 0 Å². The molecule has 0 heterocycles. The lowest BCUT2D eigenvalue weighted by Gasteiger charge is -2.52. The molecule has 0 aromatic heterocycles. The molecule has 0 radical (unpaired) electrons. The average molecular weight is 370 g/mol. The molecule has 0 aliphatic heterocycles. The van der Waals surface area contributed by atoms with E-state index in [0.717, 1.165) is 32.4 Å². The Morgan fingerprint density at radius 1 is 0.821 bits per heavy atom. The molecule has 142 valence electrons. The molecule has 6 rings (SSSR count). The average Bonchev–Trinajstić information content (AvgIpc) is 2.74. The van der Waals surface area contributed by atoms with Gasteiger partial charge in [0.2, 0.25) is 0 Å². The van der Waals surface area contributed by atoms with E-state index >= 15 is 0 Å². The molecule has 2 heteroatoms. The van der Waals surface area contributed by atoms with Crippen LogP contribution in [-0.4, -0.2) is 17.8 Å². The molecular formula is C26H27NO. The van der Waals surface area contributed by atoms with Crippen LogP contribution < -0.4 is 5.32 Å². The summed E-state index contributed by atoms with van der Waals surface area (Å²) >= 11 is 0. The molecule has 0 amide bonds. The molecule has 1 unspecified atom stereocenters. The summed E-state index contributed by atoms with van der Waals surface area (Å²) in [4.78, 5) is 0. The minimum atomic E-state index is -0.290. The van der Waals surface area contributed by atoms with E-state index in [9.17, 15) is 5.11 Å². The highest BCUT2D eigenvalue weighted by Crippen LogP contribution is 2.57. The van der Waals surface area contributed by atoms with Gasteiger partial charge < -0.3 is 10.4 Å². The quantitative estimate of drug-likeness (QED) is 0.615. The molecule has 0 saturated heterocycles. The summed E-state index contributed by atoms with van der Waals surface area (Å²) in [5, 5.41) is 14.6. The van der Waals surface area contributed by atoms with E-state index in [4.69, 9.17) is 0 Å². The first-order chi connectivity index (χ1) is 13.8. The van der Waals surface area contributed by atoms with Crippen molar-refractivity contribution < 1.29 is 5.11 Å². The van der Waals surface area contributed by atoms with Crippen LogP contribution in [0.5, 0.6) is 0 Å². The Morgan fingerprint density at radius 2 is 1.43 bits per heavy atom. The molecule has 2 bridgehead atoms. The van der Waals surface area contributed by atoms with Crippen LogP contribution >= 0.6 is 0 Å². The highest BCUT2D eigenvalue weighted by atomic mass is 16.3. The summed E-state index contributed by atoms with van der Waals surface area (Å²) in [5.74, 6) is 0.130. The van der Waals surface area contributed by atoms with Gasteiger partial charge in [0.25, 0.3) is 0 Å². The lowest BCUT2D eigenvalue weighted by atomic mass is 9.53. The smallest absolute Gasteiger partial charge is 0.0661 e. The zero-order valence-electron chi connectivity index (χ0n) is 16.1. The molecule has 2 nitrogen and oxygen atoms in total. The van der Waals surface area contributed by atoms with Crippen molar-refractivity contribution in [2.45, 2.75) is 43.2 Å². The Kier molecular flexibility index (Phi) is 4.54. The van der Waals surface area contributed by atoms with E-state index in [2.05, 4.69) is 84.2 Å². The normalized spacial score (nSPS) is 24.6. The van der Waals surface area contributed by atoms with E-state index in [1.165, 1.54) is 27.8 Å². The zero-order valence-corrected chi connectivity index (χ0v) is 16.1. The van der Waals surface area contributed by atoms with Crippen molar-refractivity contribution in [3.63, 3.8) is 0 Å². The third kappa shape index (κ3) is 2.80. The maximum absolute atomic E-state index is 11.0. The Morgan fingerprint density at radius 3 is 2.11 bits per heavy atom. The third-order valence-corrected chi connectivity index (χ3v) is 6.69. The van der Waals surface area contributed by atoms with Crippen molar-refractivity contribution in [1.82, 2.24) is 5.32 Å². The number of benzene rings is 3. The SMILES string of the molecule is OC1CC2(CCCNCc3ccccc3)c3ccccc3C1c1ccccc12. The fourth-order valence-electron chi connectivity index (χ4n) is 5.55. The van der Waals surface area contributed by atoms with E-state index in [-0.39, 0.29) is 17.4 Å². The van der Waals surface area contributed by atoms with Crippen molar-refractivity contribution in [3.05, 3.63) is 107 Å². The number of aliphatic hydroxyl groups is 1. The summed E-state index contributed by atoms with van der Waals surface area (Å²) in [6.45, 7) is 1.90. The summed E-state index contributed by atoms with van der Waals surface area (Å²) < 4.78 is 0. The maximum Gasteiger partial charge on any atom is 0.0661 e. The number of rotatable bonds is 6. The lowest BCUT2D eigenvalue weighted by Crippen LogP contribution is -2.47. The monoisotopic (exact) mass is 369 g/mol. The van der Waals surface area contributed by atoms with Gasteiger partial charge in [-0.05, 0) is 53.6 Å². The Labute approximate surface area is 167 Å². The molecular weight excluding hydrogens is 342 g/mol. The van der Waals surface area contributed by atoms with Crippen LogP contribution in [0.2, 0.25) is 0 Å². The molecule has 0 fully saturated rings. The minimum Gasteiger partial charge on any atom is -0.392 e. The number of hydrogen-bond acceptors (Lipinski definition) is 2. The van der Waals surface area contributed by atoms with E-state index in [0.29, 0.717) is 0 Å². The summed E-state index contributed by atoms with van der Waals surface area (Å²) in [5.41, 5.74) is 6.80. The molecule has 0 saturated carbocycles. The second kappa shape index (κ2) is 7.20. The lowest BCUT2D eigenvalue weighted by molar-refractivity contribution is 0.0943. The van der Waals surface area contributed by atoms with Gasteiger partial charge in [-0.1, -0.05) is 78.9 Å². The first-order valence-electron chi connectivity index (χ1n) is 10.4. The Balaban J connectivity index is 1.39. The molecule has 3 aromatic rings. The van der Waals surface area contributed by atoms with Crippen molar-refractivity contribution in [2.24, 2.45) is 0 Å². The number of aliphatic hydroxyl groups excluding tert-OH is 1. The minimum absolute atomic E-state index is 0.0597.